The molecule has 0 bridgehead atoms. The third-order valence-electron chi connectivity index (χ3n) is 5.34. The smallest absolute Gasteiger partial charge is 0.0251 e. The minimum atomic E-state index is 0.450. The van der Waals surface area contributed by atoms with Crippen LogP contribution >= 0.6 is 0 Å². The first kappa shape index (κ1) is 17.0. The molecule has 1 fully saturated rings. The maximum atomic E-state index is 3.56. The van der Waals surface area contributed by atoms with Gasteiger partial charge in [0.05, 0.1) is 0 Å². The van der Waals surface area contributed by atoms with Gasteiger partial charge in [0.1, 0.15) is 0 Å². The molecule has 4 unspecified atom stereocenters. The molecule has 0 aromatic carbocycles. The van der Waals surface area contributed by atoms with Crippen molar-refractivity contribution in [3.8, 4) is 0 Å². The summed E-state index contributed by atoms with van der Waals surface area (Å²) in [5.41, 5.74) is 0.450. The molecule has 0 radical (unpaired) electrons. The summed E-state index contributed by atoms with van der Waals surface area (Å²) >= 11 is 0. The van der Waals surface area contributed by atoms with Crippen LogP contribution < -0.4 is 5.32 Å². The first-order valence-electron chi connectivity index (χ1n) is 8.20. The van der Waals surface area contributed by atoms with E-state index in [2.05, 4.69) is 58.9 Å². The summed E-state index contributed by atoms with van der Waals surface area (Å²) in [7, 11) is 4.47. The molecule has 0 amide bonds. The van der Waals surface area contributed by atoms with E-state index in [0.29, 0.717) is 23.5 Å². The molecule has 0 aromatic rings. The van der Waals surface area contributed by atoms with Crippen molar-refractivity contribution in [2.24, 2.45) is 11.3 Å². The molecule has 19 heavy (non-hydrogen) atoms. The number of likely N-dealkylation sites (N-methyl/N-ethyl adjacent to an activating group) is 2. The Morgan fingerprint density at radius 1 is 1.26 bits per heavy atom. The zero-order valence-corrected chi connectivity index (χ0v) is 14.3. The van der Waals surface area contributed by atoms with Crippen molar-refractivity contribution < 1.29 is 0 Å². The van der Waals surface area contributed by atoms with Gasteiger partial charge in [0, 0.05) is 18.1 Å². The normalized spacial score (nSPS) is 30.6. The second-order valence-corrected chi connectivity index (χ2v) is 7.64. The monoisotopic (exact) mass is 268 g/mol. The average Bonchev–Trinajstić information content (AvgIpc) is 2.36. The fourth-order valence-electron chi connectivity index (χ4n) is 3.67. The summed E-state index contributed by atoms with van der Waals surface area (Å²) in [5.74, 6) is 0.860. The molecule has 0 spiro atoms. The topological polar surface area (TPSA) is 15.3 Å². The Morgan fingerprint density at radius 3 is 2.37 bits per heavy atom. The molecular formula is C17H36N2. The second-order valence-electron chi connectivity index (χ2n) is 7.64. The molecule has 0 saturated heterocycles. The summed E-state index contributed by atoms with van der Waals surface area (Å²) < 4.78 is 0. The summed E-state index contributed by atoms with van der Waals surface area (Å²) in [6.07, 6.45) is 6.64. The Morgan fingerprint density at radius 2 is 1.89 bits per heavy atom. The summed E-state index contributed by atoms with van der Waals surface area (Å²) in [5, 5.41) is 3.56. The van der Waals surface area contributed by atoms with Crippen molar-refractivity contribution >= 4 is 0 Å². The number of nitrogens with zero attached hydrogens (tertiary/aromatic N) is 1. The Hall–Kier alpha value is -0.0800. The molecule has 2 nitrogen and oxygen atoms in total. The van der Waals surface area contributed by atoms with Gasteiger partial charge in [-0.1, -0.05) is 34.1 Å². The molecule has 114 valence electrons. The fourth-order valence-corrected chi connectivity index (χ4v) is 3.67. The molecule has 1 rings (SSSR count). The van der Waals surface area contributed by atoms with Gasteiger partial charge in [0.15, 0.2) is 0 Å². The number of hydrogen-bond acceptors (Lipinski definition) is 2. The van der Waals surface area contributed by atoms with Gasteiger partial charge in [-0.25, -0.2) is 0 Å². The van der Waals surface area contributed by atoms with Crippen molar-refractivity contribution in [2.75, 3.05) is 14.1 Å². The Labute approximate surface area is 121 Å². The minimum Gasteiger partial charge on any atom is -0.315 e. The van der Waals surface area contributed by atoms with Crippen LogP contribution in [-0.4, -0.2) is 37.1 Å². The van der Waals surface area contributed by atoms with Gasteiger partial charge in [-0.3, -0.25) is 4.90 Å². The zero-order valence-electron chi connectivity index (χ0n) is 14.3. The maximum absolute atomic E-state index is 3.56. The summed E-state index contributed by atoms with van der Waals surface area (Å²) in [6, 6.07) is 2.07. The Balaban J connectivity index is 2.74. The molecule has 1 aliphatic rings. The van der Waals surface area contributed by atoms with Gasteiger partial charge in [-0.05, 0) is 58.0 Å². The molecule has 1 saturated carbocycles. The highest BCUT2D eigenvalue weighted by Gasteiger charge is 2.37. The molecule has 0 heterocycles. The van der Waals surface area contributed by atoms with Crippen molar-refractivity contribution in [1.29, 1.82) is 0 Å². The lowest BCUT2D eigenvalue weighted by atomic mass is 9.69. The number of rotatable bonds is 5. The highest BCUT2D eigenvalue weighted by molar-refractivity contribution is 4.94. The quantitative estimate of drug-likeness (QED) is 0.813. The van der Waals surface area contributed by atoms with E-state index in [9.17, 15) is 0 Å². The van der Waals surface area contributed by atoms with Crippen LogP contribution in [0.4, 0.5) is 0 Å². The van der Waals surface area contributed by atoms with E-state index in [1.807, 2.05) is 0 Å². The van der Waals surface area contributed by atoms with Gasteiger partial charge in [-0.2, -0.15) is 0 Å². The van der Waals surface area contributed by atoms with E-state index in [1.54, 1.807) is 0 Å². The van der Waals surface area contributed by atoms with E-state index in [4.69, 9.17) is 0 Å². The van der Waals surface area contributed by atoms with Crippen LogP contribution in [0.25, 0.3) is 0 Å². The van der Waals surface area contributed by atoms with E-state index in [1.165, 1.54) is 32.1 Å². The van der Waals surface area contributed by atoms with Crippen LogP contribution in [0.1, 0.15) is 66.7 Å². The van der Waals surface area contributed by atoms with Gasteiger partial charge in [0.25, 0.3) is 0 Å². The van der Waals surface area contributed by atoms with E-state index >= 15 is 0 Å². The van der Waals surface area contributed by atoms with Gasteiger partial charge in [-0.15, -0.1) is 0 Å². The fraction of sp³-hybridized carbons (Fsp3) is 1.00. The predicted molar refractivity (Wildman–Crippen MR) is 85.6 cm³/mol. The van der Waals surface area contributed by atoms with Crippen molar-refractivity contribution in [3.63, 3.8) is 0 Å². The average molecular weight is 268 g/mol. The first-order chi connectivity index (χ1) is 8.81. The first-order valence-corrected chi connectivity index (χ1v) is 8.20. The maximum Gasteiger partial charge on any atom is 0.0251 e. The van der Waals surface area contributed by atoms with Crippen LogP contribution in [0, 0.1) is 11.3 Å². The number of nitrogens with one attached hydrogen (secondary N) is 1. The standard InChI is InChI=1S/C17H36N2/c1-8-9-13(2)19(7)16-12-14(17(3,4)5)10-11-15(16)18-6/h13-16,18H,8-12H2,1-7H3. The lowest BCUT2D eigenvalue weighted by Crippen LogP contribution is -2.54. The lowest BCUT2D eigenvalue weighted by Gasteiger charge is -2.47. The molecule has 0 aromatic heterocycles. The highest BCUT2D eigenvalue weighted by atomic mass is 15.2. The van der Waals surface area contributed by atoms with E-state index < -0.39 is 0 Å². The summed E-state index contributed by atoms with van der Waals surface area (Å²) in [4.78, 5) is 2.64. The lowest BCUT2D eigenvalue weighted by molar-refractivity contribution is 0.0534. The van der Waals surface area contributed by atoms with Crippen LogP contribution in [0.3, 0.4) is 0 Å². The van der Waals surface area contributed by atoms with Gasteiger partial charge in [0.2, 0.25) is 0 Å². The Kier molecular flexibility index (Phi) is 6.32. The number of hydrogen-bond donors (Lipinski definition) is 1. The minimum absolute atomic E-state index is 0.450. The van der Waals surface area contributed by atoms with Crippen LogP contribution in [0.5, 0.6) is 0 Å². The predicted octanol–water partition coefficient (Wildman–Crippen LogP) is 3.91. The van der Waals surface area contributed by atoms with Crippen molar-refractivity contribution in [2.45, 2.75) is 84.8 Å². The Bertz CT molecular complexity index is 256. The SMILES string of the molecule is CCCC(C)N(C)C1CC(C(C)(C)C)CCC1NC. The van der Waals surface area contributed by atoms with Gasteiger partial charge < -0.3 is 5.32 Å². The zero-order chi connectivity index (χ0) is 14.6. The molecule has 4 atom stereocenters. The third kappa shape index (κ3) is 4.46. The van der Waals surface area contributed by atoms with Crippen molar-refractivity contribution in [1.82, 2.24) is 10.2 Å². The van der Waals surface area contributed by atoms with Crippen molar-refractivity contribution in [3.05, 3.63) is 0 Å². The van der Waals surface area contributed by atoms with E-state index in [0.717, 1.165) is 5.92 Å². The molecule has 2 heteroatoms. The molecule has 1 aliphatic carbocycles. The third-order valence-corrected chi connectivity index (χ3v) is 5.34. The van der Waals surface area contributed by atoms with E-state index in [-0.39, 0.29) is 0 Å². The second kappa shape index (κ2) is 7.08. The molecular weight excluding hydrogens is 232 g/mol. The van der Waals surface area contributed by atoms with Gasteiger partial charge >= 0.3 is 0 Å². The molecule has 1 N–H and O–H groups in total. The summed E-state index contributed by atoms with van der Waals surface area (Å²) in [6.45, 7) is 11.9. The highest BCUT2D eigenvalue weighted by Crippen LogP contribution is 2.39. The van der Waals surface area contributed by atoms with Crippen LogP contribution in [-0.2, 0) is 0 Å². The molecule has 0 aliphatic heterocycles. The van der Waals surface area contributed by atoms with Crippen LogP contribution in [0.15, 0.2) is 0 Å². The van der Waals surface area contributed by atoms with Crippen LogP contribution in [0.2, 0.25) is 0 Å². The largest absolute Gasteiger partial charge is 0.315 e.